The first kappa shape index (κ1) is 55.9. The lowest BCUT2D eigenvalue weighted by molar-refractivity contribution is -0.136. The van der Waals surface area contributed by atoms with Crippen LogP contribution in [-0.4, -0.2) is 147 Å². The number of benzene rings is 3. The van der Waals surface area contributed by atoms with Crippen molar-refractivity contribution < 1.29 is 48.9 Å². The number of aliphatic hydroxyl groups excluding tert-OH is 3. The van der Waals surface area contributed by atoms with Crippen molar-refractivity contribution in [1.82, 2.24) is 42.2 Å². The predicted octanol–water partition coefficient (Wildman–Crippen LogP) is -0.805. The van der Waals surface area contributed by atoms with Crippen LogP contribution in [0.4, 0.5) is 0 Å². The molecule has 22 heteroatoms. The van der Waals surface area contributed by atoms with Gasteiger partial charge >= 0.3 is 0 Å². The summed E-state index contributed by atoms with van der Waals surface area (Å²) in [7, 11) is 2.06. The van der Waals surface area contributed by atoms with Crippen LogP contribution >= 0.6 is 21.6 Å². The average Bonchev–Trinajstić information content (AvgIpc) is 3.76. The van der Waals surface area contributed by atoms with Gasteiger partial charge in [-0.2, -0.15) is 0 Å². The molecule has 7 unspecified atom stereocenters. The van der Waals surface area contributed by atoms with Crippen molar-refractivity contribution in [2.24, 2.45) is 11.5 Å². The summed E-state index contributed by atoms with van der Waals surface area (Å²) in [5.41, 5.74) is 15.0. The highest BCUT2D eigenvalue weighted by molar-refractivity contribution is 8.76. The molecule has 1 aromatic heterocycles. The number of aliphatic hydroxyl groups is 3. The first-order chi connectivity index (χ1) is 34.1. The molecule has 5 rings (SSSR count). The van der Waals surface area contributed by atoms with Gasteiger partial charge in [0.25, 0.3) is 0 Å². The number of hydrogen-bond acceptors (Lipinski definition) is 14. The molecule has 0 aliphatic carbocycles. The molecule has 71 heavy (non-hydrogen) atoms. The molecule has 0 spiro atoms. The van der Waals surface area contributed by atoms with Gasteiger partial charge < -0.3 is 69.0 Å². The summed E-state index contributed by atoms with van der Waals surface area (Å²) >= 11 is 0. The number of amides is 7. The maximum Gasteiger partial charge on any atom is 0.245 e. The lowest BCUT2D eigenvalue weighted by Crippen LogP contribution is -2.62. The number of unbranched alkanes of at least 4 members (excludes halogenated alkanes) is 1. The molecule has 0 saturated carbocycles. The van der Waals surface area contributed by atoms with E-state index in [1.54, 1.807) is 60.8 Å². The fourth-order valence-corrected chi connectivity index (χ4v) is 10.1. The number of fused-ring (bicyclic) bond motifs is 1. The van der Waals surface area contributed by atoms with E-state index in [0.29, 0.717) is 24.0 Å². The standard InChI is InChI=1S/C49H66N10O10S2/c1-28(61)39(25-60)56-48(68)41-27-71-70-26-40(57-43(63)34(51)21-30-13-5-3-6-14-30)47(67)54-37(22-31-15-7-4-8-16-31)45(65)55-38(23-32-24-52-35-18-10-9-17-33(32)35)46(66)53-36(19-11-12-20-50)44(64)59-42(29(2)62)49(69)58-41/h3-10,13-18,24,28-29,34,36-42,52,60-62H,11-12,19-23,25-27,50-51H2,1-2H3,(H,53,66)(H,54,67)(H,55,65)(H,56,68)(H,57,63)(H,58,69)(H,59,64)/t28?,29?,34?,36-,37?,38?,39?,40-,41?,42-/m1/s1. The minimum Gasteiger partial charge on any atom is -0.394 e. The molecule has 384 valence electrons. The third-order valence-electron chi connectivity index (χ3n) is 11.9. The summed E-state index contributed by atoms with van der Waals surface area (Å²) < 4.78 is 0. The lowest BCUT2D eigenvalue weighted by atomic mass is 10.0. The summed E-state index contributed by atoms with van der Waals surface area (Å²) in [5.74, 6) is -6.01. The van der Waals surface area contributed by atoms with Crippen LogP contribution < -0.4 is 48.7 Å². The van der Waals surface area contributed by atoms with E-state index >= 15 is 0 Å². The second-order valence-corrected chi connectivity index (χ2v) is 20.0. The SMILES string of the molecule is CC(O)C(CO)NC(=O)C1CSSC[C@@H](NC(=O)C(N)Cc2ccccc2)C(=O)NC(Cc2ccccc2)C(=O)NC(Cc2c[nH]c3ccccc23)C(=O)N[C@H](CCCCN)C(=O)N[C@H](C(C)O)C(=O)N1. The van der Waals surface area contributed by atoms with Gasteiger partial charge in [0.15, 0.2) is 0 Å². The van der Waals surface area contributed by atoms with Gasteiger partial charge in [-0.05, 0) is 68.8 Å². The summed E-state index contributed by atoms with van der Waals surface area (Å²) in [5, 5.41) is 50.5. The number of aromatic amines is 1. The summed E-state index contributed by atoms with van der Waals surface area (Å²) in [4.78, 5) is 103. The van der Waals surface area contributed by atoms with Crippen LogP contribution in [0, 0.1) is 0 Å². The van der Waals surface area contributed by atoms with Gasteiger partial charge in [0, 0.05) is 41.4 Å². The lowest BCUT2D eigenvalue weighted by Gasteiger charge is -2.29. The Labute approximate surface area is 420 Å². The zero-order valence-corrected chi connectivity index (χ0v) is 41.3. The Bertz CT molecular complexity index is 2400. The quantitative estimate of drug-likeness (QED) is 0.0455. The molecule has 4 aromatic rings. The third kappa shape index (κ3) is 17.1. The van der Waals surface area contributed by atoms with E-state index in [1.807, 2.05) is 30.3 Å². The van der Waals surface area contributed by atoms with Gasteiger partial charge in [-0.3, -0.25) is 33.6 Å². The van der Waals surface area contributed by atoms with Crippen molar-refractivity contribution >= 4 is 73.8 Å². The van der Waals surface area contributed by atoms with E-state index in [2.05, 4.69) is 42.2 Å². The molecule has 1 fully saturated rings. The summed E-state index contributed by atoms with van der Waals surface area (Å²) in [6, 6.07) is 14.6. The second-order valence-electron chi connectivity index (χ2n) is 17.5. The molecular weight excluding hydrogens is 953 g/mol. The minimum absolute atomic E-state index is 0.0340. The summed E-state index contributed by atoms with van der Waals surface area (Å²) in [6.07, 6.45) is -0.156. The van der Waals surface area contributed by atoms with Gasteiger partial charge in [0.2, 0.25) is 41.4 Å². The van der Waals surface area contributed by atoms with Crippen molar-refractivity contribution in [3.63, 3.8) is 0 Å². The fraction of sp³-hybridized carbons (Fsp3) is 0.449. The van der Waals surface area contributed by atoms with Crippen molar-refractivity contribution in [2.75, 3.05) is 24.7 Å². The fourth-order valence-electron chi connectivity index (χ4n) is 7.73. The number of para-hydroxylation sites is 1. The zero-order valence-electron chi connectivity index (χ0n) is 39.7. The van der Waals surface area contributed by atoms with E-state index in [0.717, 1.165) is 38.1 Å². The van der Waals surface area contributed by atoms with Crippen molar-refractivity contribution in [3.05, 3.63) is 108 Å². The molecular formula is C49H66N10O10S2. The van der Waals surface area contributed by atoms with Crippen LogP contribution in [0.25, 0.3) is 10.9 Å². The molecule has 1 aliphatic rings. The first-order valence-electron chi connectivity index (χ1n) is 23.5. The Morgan fingerprint density at radius 3 is 1.96 bits per heavy atom. The van der Waals surface area contributed by atoms with Crippen molar-refractivity contribution in [3.8, 4) is 0 Å². The maximum atomic E-state index is 14.7. The largest absolute Gasteiger partial charge is 0.394 e. The van der Waals surface area contributed by atoms with Gasteiger partial charge in [-0.25, -0.2) is 0 Å². The molecule has 20 nitrogen and oxygen atoms in total. The second kappa shape index (κ2) is 28.1. The minimum atomic E-state index is -1.66. The Balaban J connectivity index is 1.56. The maximum absolute atomic E-state index is 14.7. The highest BCUT2D eigenvalue weighted by Gasteiger charge is 2.36. The number of carbonyl (C=O) groups is 7. The van der Waals surface area contributed by atoms with Crippen molar-refractivity contribution in [2.45, 2.75) is 113 Å². The van der Waals surface area contributed by atoms with Crippen molar-refractivity contribution in [1.29, 1.82) is 0 Å². The number of H-pyrrole nitrogens is 1. The van der Waals surface area contributed by atoms with Gasteiger partial charge in [0.1, 0.15) is 36.3 Å². The molecule has 10 atom stereocenters. The highest BCUT2D eigenvalue weighted by Crippen LogP contribution is 2.24. The zero-order chi connectivity index (χ0) is 51.5. The Morgan fingerprint density at radius 2 is 1.31 bits per heavy atom. The van der Waals surface area contributed by atoms with Gasteiger partial charge in [-0.15, -0.1) is 0 Å². The first-order valence-corrected chi connectivity index (χ1v) is 26.0. The Hall–Kier alpha value is -6.01. The van der Waals surface area contributed by atoms with Crippen LogP contribution in [-0.2, 0) is 52.8 Å². The molecule has 0 bridgehead atoms. The Morgan fingerprint density at radius 1 is 0.718 bits per heavy atom. The van der Waals surface area contributed by atoms with Crippen LogP contribution in [0.2, 0.25) is 0 Å². The van der Waals surface area contributed by atoms with Crippen LogP contribution in [0.1, 0.15) is 49.8 Å². The molecule has 7 amide bonds. The molecule has 1 aliphatic heterocycles. The van der Waals surface area contributed by atoms with E-state index in [9.17, 15) is 48.9 Å². The van der Waals surface area contributed by atoms with E-state index in [-0.39, 0.29) is 43.7 Å². The molecule has 3 aromatic carbocycles. The predicted molar refractivity (Wildman–Crippen MR) is 272 cm³/mol. The Kier molecular flexibility index (Phi) is 22.2. The van der Waals surface area contributed by atoms with Crippen LogP contribution in [0.5, 0.6) is 0 Å². The normalized spacial score (nSPS) is 22.8. The molecule has 15 N–H and O–H groups in total. The number of carbonyl (C=O) groups excluding carboxylic acids is 7. The molecule has 0 radical (unpaired) electrons. The summed E-state index contributed by atoms with van der Waals surface area (Å²) in [6.45, 7) is 2.23. The van der Waals surface area contributed by atoms with Crippen LogP contribution in [0.3, 0.4) is 0 Å². The average molecular weight is 1020 g/mol. The third-order valence-corrected chi connectivity index (χ3v) is 14.3. The van der Waals surface area contributed by atoms with Gasteiger partial charge in [-0.1, -0.05) is 100 Å². The van der Waals surface area contributed by atoms with Crippen LogP contribution in [0.15, 0.2) is 91.1 Å². The highest BCUT2D eigenvalue weighted by atomic mass is 33.1. The topological polar surface area (TPSA) is 332 Å². The number of rotatable bonds is 17. The smallest absolute Gasteiger partial charge is 0.245 e. The molecule has 1 saturated heterocycles. The number of hydrogen-bond donors (Lipinski definition) is 13. The van der Waals surface area contributed by atoms with E-state index in [1.165, 1.54) is 13.8 Å². The van der Waals surface area contributed by atoms with Gasteiger partial charge in [0.05, 0.1) is 30.9 Å². The van der Waals surface area contributed by atoms with E-state index < -0.39 is 108 Å². The number of nitrogens with two attached hydrogens (primary N) is 2. The monoisotopic (exact) mass is 1020 g/mol. The molecule has 2 heterocycles. The number of aromatic nitrogens is 1. The number of nitrogens with one attached hydrogen (secondary N) is 8. The van der Waals surface area contributed by atoms with E-state index in [4.69, 9.17) is 11.5 Å².